The van der Waals surface area contributed by atoms with Crippen LogP contribution in [0.4, 0.5) is 5.82 Å². The van der Waals surface area contributed by atoms with Crippen LogP contribution in [0.2, 0.25) is 0 Å². The normalized spacial score (nSPS) is 18.4. The molecule has 4 rings (SSSR count). The quantitative estimate of drug-likeness (QED) is 0.659. The standard InChI is InChI=1S/C25H34N4O3/c1-18-22-7-5-14-29(16-19-8-10-21(32-3)11-9-19)25(22)27-24(26-18)20-6-4-13-28(17-20)23(30)12-15-31-2/h8-11,20H,4-7,12-17H2,1-3H3/t20-/m0/s1. The van der Waals surface area contributed by atoms with Crippen molar-refractivity contribution in [3.63, 3.8) is 0 Å². The second-order valence-electron chi connectivity index (χ2n) is 8.76. The maximum atomic E-state index is 12.5. The van der Waals surface area contributed by atoms with Crippen molar-refractivity contribution in [3.05, 3.63) is 46.9 Å². The maximum absolute atomic E-state index is 12.5. The monoisotopic (exact) mass is 438 g/mol. The van der Waals surface area contributed by atoms with Crippen molar-refractivity contribution < 1.29 is 14.3 Å². The number of aromatic nitrogens is 2. The number of ether oxygens (including phenoxy) is 2. The van der Waals surface area contributed by atoms with Crippen molar-refractivity contribution in [2.45, 2.75) is 51.5 Å². The van der Waals surface area contributed by atoms with Gasteiger partial charge in [0.25, 0.3) is 0 Å². The van der Waals surface area contributed by atoms with E-state index in [0.29, 0.717) is 19.6 Å². The number of methoxy groups -OCH3 is 2. The van der Waals surface area contributed by atoms with Crippen LogP contribution in [-0.2, 0) is 22.5 Å². The van der Waals surface area contributed by atoms with E-state index < -0.39 is 0 Å². The molecule has 1 fully saturated rings. The second-order valence-corrected chi connectivity index (χ2v) is 8.76. The molecule has 172 valence electrons. The van der Waals surface area contributed by atoms with Gasteiger partial charge in [-0.1, -0.05) is 12.1 Å². The molecule has 1 saturated heterocycles. The lowest BCUT2D eigenvalue weighted by Gasteiger charge is -2.34. The minimum absolute atomic E-state index is 0.160. The van der Waals surface area contributed by atoms with Crippen LogP contribution in [0.5, 0.6) is 5.75 Å². The van der Waals surface area contributed by atoms with E-state index in [4.69, 9.17) is 19.4 Å². The minimum atomic E-state index is 0.160. The minimum Gasteiger partial charge on any atom is -0.497 e. The number of nitrogens with zero attached hydrogens (tertiary/aromatic N) is 4. The van der Waals surface area contributed by atoms with E-state index >= 15 is 0 Å². The summed E-state index contributed by atoms with van der Waals surface area (Å²) in [5, 5.41) is 0. The third-order valence-corrected chi connectivity index (χ3v) is 6.56. The molecule has 7 nitrogen and oxygen atoms in total. The Hall–Kier alpha value is -2.67. The summed E-state index contributed by atoms with van der Waals surface area (Å²) in [6, 6.07) is 8.25. The zero-order valence-corrected chi connectivity index (χ0v) is 19.5. The fraction of sp³-hybridized carbons (Fsp3) is 0.560. The highest BCUT2D eigenvalue weighted by molar-refractivity contribution is 5.76. The topological polar surface area (TPSA) is 67.8 Å². The lowest BCUT2D eigenvalue weighted by atomic mass is 9.95. The van der Waals surface area contributed by atoms with Crippen molar-refractivity contribution in [3.8, 4) is 5.75 Å². The lowest BCUT2D eigenvalue weighted by Crippen LogP contribution is -2.40. The number of aryl methyl sites for hydroxylation is 1. The summed E-state index contributed by atoms with van der Waals surface area (Å²) >= 11 is 0. The summed E-state index contributed by atoms with van der Waals surface area (Å²) in [5.74, 6) is 3.16. The van der Waals surface area contributed by atoms with Gasteiger partial charge >= 0.3 is 0 Å². The molecule has 32 heavy (non-hydrogen) atoms. The van der Waals surface area contributed by atoms with Crippen LogP contribution in [-0.4, -0.2) is 61.2 Å². The Morgan fingerprint density at radius 2 is 1.94 bits per heavy atom. The average Bonchev–Trinajstić information content (AvgIpc) is 2.83. The number of carbonyl (C=O) groups excluding carboxylic acids is 1. The van der Waals surface area contributed by atoms with Gasteiger partial charge in [0.15, 0.2) is 0 Å². The molecule has 0 bridgehead atoms. The van der Waals surface area contributed by atoms with Gasteiger partial charge in [0.1, 0.15) is 17.4 Å². The molecule has 2 aliphatic heterocycles. The number of amides is 1. The van der Waals surface area contributed by atoms with Gasteiger partial charge in [-0.2, -0.15) is 0 Å². The van der Waals surface area contributed by atoms with Gasteiger partial charge in [0.2, 0.25) is 5.91 Å². The van der Waals surface area contributed by atoms with Gasteiger partial charge in [-0.05, 0) is 50.3 Å². The fourth-order valence-electron chi connectivity index (χ4n) is 4.76. The van der Waals surface area contributed by atoms with Crippen molar-refractivity contribution in [2.24, 2.45) is 0 Å². The molecule has 1 aromatic heterocycles. The van der Waals surface area contributed by atoms with Gasteiger partial charge in [-0.25, -0.2) is 9.97 Å². The summed E-state index contributed by atoms with van der Waals surface area (Å²) in [6.45, 7) is 5.88. The molecule has 1 amide bonds. The molecule has 0 unspecified atom stereocenters. The first kappa shape index (κ1) is 22.5. The molecule has 0 radical (unpaired) electrons. The third-order valence-electron chi connectivity index (χ3n) is 6.56. The highest BCUT2D eigenvalue weighted by Crippen LogP contribution is 2.32. The van der Waals surface area contributed by atoms with Gasteiger partial charge < -0.3 is 19.3 Å². The summed E-state index contributed by atoms with van der Waals surface area (Å²) in [5.41, 5.74) is 3.58. The first-order valence-corrected chi connectivity index (χ1v) is 11.6. The van der Waals surface area contributed by atoms with E-state index in [0.717, 1.165) is 68.4 Å². The number of likely N-dealkylation sites (tertiary alicyclic amines) is 1. The zero-order chi connectivity index (χ0) is 22.5. The van der Waals surface area contributed by atoms with Gasteiger partial charge in [-0.15, -0.1) is 0 Å². The van der Waals surface area contributed by atoms with Crippen molar-refractivity contribution in [1.82, 2.24) is 14.9 Å². The van der Waals surface area contributed by atoms with Crippen molar-refractivity contribution in [1.29, 1.82) is 0 Å². The number of carbonyl (C=O) groups is 1. The molecule has 7 heteroatoms. The maximum Gasteiger partial charge on any atom is 0.224 e. The molecule has 2 aromatic rings. The average molecular weight is 439 g/mol. The molecular formula is C25H34N4O3. The predicted molar refractivity (Wildman–Crippen MR) is 124 cm³/mol. The highest BCUT2D eigenvalue weighted by atomic mass is 16.5. The van der Waals surface area contributed by atoms with Crippen LogP contribution in [0.25, 0.3) is 0 Å². The van der Waals surface area contributed by atoms with Gasteiger partial charge in [-0.3, -0.25) is 4.79 Å². The molecule has 2 aliphatic rings. The van der Waals surface area contributed by atoms with E-state index in [2.05, 4.69) is 24.0 Å². The molecule has 1 atom stereocenters. The van der Waals surface area contributed by atoms with Crippen LogP contribution in [0.1, 0.15) is 54.2 Å². The molecule has 0 N–H and O–H groups in total. The van der Waals surface area contributed by atoms with Crippen LogP contribution in [0, 0.1) is 6.92 Å². The smallest absolute Gasteiger partial charge is 0.224 e. The Labute approximate surface area is 190 Å². The molecule has 0 saturated carbocycles. The summed E-state index contributed by atoms with van der Waals surface area (Å²) in [4.78, 5) is 26.9. The Morgan fingerprint density at radius 1 is 1.12 bits per heavy atom. The summed E-state index contributed by atoms with van der Waals surface area (Å²) in [7, 11) is 3.32. The van der Waals surface area contributed by atoms with E-state index in [1.165, 1.54) is 11.1 Å². The molecule has 0 aliphatic carbocycles. The predicted octanol–water partition coefficient (Wildman–Crippen LogP) is 3.49. The van der Waals surface area contributed by atoms with Crippen LogP contribution in [0.3, 0.4) is 0 Å². The van der Waals surface area contributed by atoms with E-state index in [-0.39, 0.29) is 11.8 Å². The summed E-state index contributed by atoms with van der Waals surface area (Å²) < 4.78 is 10.4. The highest BCUT2D eigenvalue weighted by Gasteiger charge is 2.29. The third kappa shape index (κ3) is 5.04. The van der Waals surface area contributed by atoms with E-state index in [1.807, 2.05) is 17.0 Å². The van der Waals surface area contributed by atoms with Crippen LogP contribution >= 0.6 is 0 Å². The van der Waals surface area contributed by atoms with Crippen LogP contribution in [0.15, 0.2) is 24.3 Å². The Morgan fingerprint density at radius 3 is 2.69 bits per heavy atom. The lowest BCUT2D eigenvalue weighted by molar-refractivity contribution is -0.133. The Bertz CT molecular complexity index is 932. The van der Waals surface area contributed by atoms with Gasteiger partial charge in [0, 0.05) is 50.5 Å². The van der Waals surface area contributed by atoms with E-state index in [1.54, 1.807) is 14.2 Å². The molecule has 3 heterocycles. The largest absolute Gasteiger partial charge is 0.497 e. The molecule has 0 spiro atoms. The number of hydrogen-bond acceptors (Lipinski definition) is 6. The molecular weight excluding hydrogens is 404 g/mol. The Kier molecular flexibility index (Phi) is 7.25. The first-order chi connectivity index (χ1) is 15.6. The SMILES string of the molecule is COCCC(=O)N1CCC[C@H](c2nc(C)c3c(n2)N(Cc2ccc(OC)cc2)CCC3)C1. The number of piperidine rings is 1. The van der Waals surface area contributed by atoms with Crippen LogP contribution < -0.4 is 9.64 Å². The number of benzene rings is 1. The Balaban J connectivity index is 1.54. The molecule has 1 aromatic carbocycles. The number of hydrogen-bond donors (Lipinski definition) is 0. The van der Waals surface area contributed by atoms with Gasteiger partial charge in [0.05, 0.1) is 20.1 Å². The van der Waals surface area contributed by atoms with Crippen molar-refractivity contribution in [2.75, 3.05) is 45.4 Å². The first-order valence-electron chi connectivity index (χ1n) is 11.6. The number of rotatable bonds is 7. The van der Waals surface area contributed by atoms with E-state index in [9.17, 15) is 4.79 Å². The zero-order valence-electron chi connectivity index (χ0n) is 19.5. The van der Waals surface area contributed by atoms with Crippen molar-refractivity contribution >= 4 is 11.7 Å². The number of anilines is 1. The fourth-order valence-corrected chi connectivity index (χ4v) is 4.76. The number of fused-ring (bicyclic) bond motifs is 1. The second kappa shape index (κ2) is 10.3. The summed E-state index contributed by atoms with van der Waals surface area (Å²) in [6.07, 6.45) is 4.57.